The molecular formula is C12H22O2. The third-order valence-corrected chi connectivity index (χ3v) is 2.06. The first-order valence-electron chi connectivity index (χ1n) is 5.57. The van der Waals surface area contributed by atoms with Gasteiger partial charge in [-0.3, -0.25) is 0 Å². The van der Waals surface area contributed by atoms with Crippen LogP contribution in [0.4, 0.5) is 0 Å². The van der Waals surface area contributed by atoms with Gasteiger partial charge in [-0.1, -0.05) is 39.7 Å². The molecule has 0 saturated heterocycles. The molecule has 82 valence electrons. The summed E-state index contributed by atoms with van der Waals surface area (Å²) in [5.74, 6) is -0.219. The maximum absolute atomic E-state index is 11.2. The van der Waals surface area contributed by atoms with Gasteiger partial charge in [-0.2, -0.15) is 0 Å². The Morgan fingerprint density at radius 1 is 1.14 bits per heavy atom. The molecule has 0 aliphatic carbocycles. The van der Waals surface area contributed by atoms with Gasteiger partial charge in [0.15, 0.2) is 0 Å². The minimum atomic E-state index is -0.219. The molecule has 2 nitrogen and oxygen atoms in total. The lowest BCUT2D eigenvalue weighted by Gasteiger charge is -2.05. The normalized spacial score (nSPS) is 9.86. The summed E-state index contributed by atoms with van der Waals surface area (Å²) in [4.78, 5) is 11.2. The lowest BCUT2D eigenvalue weighted by atomic mass is 10.1. The highest BCUT2D eigenvalue weighted by Crippen LogP contribution is 2.09. The number of ether oxygens (including phenoxy) is 1. The van der Waals surface area contributed by atoms with E-state index in [4.69, 9.17) is 4.74 Å². The summed E-state index contributed by atoms with van der Waals surface area (Å²) in [6.07, 6.45) is 6.33. The van der Waals surface area contributed by atoms with Crippen LogP contribution in [0.5, 0.6) is 0 Å². The van der Waals surface area contributed by atoms with Crippen molar-refractivity contribution < 1.29 is 9.53 Å². The summed E-state index contributed by atoms with van der Waals surface area (Å²) < 4.78 is 4.97. The molecule has 0 spiro atoms. The predicted molar refractivity (Wildman–Crippen MR) is 59.1 cm³/mol. The van der Waals surface area contributed by atoms with Gasteiger partial charge in [0, 0.05) is 5.57 Å². The SMILES string of the molecule is C=C(CCCCCC)C(=O)OCCC. The Bertz CT molecular complexity index is 173. The number of unbranched alkanes of at least 4 members (excludes halogenated alkanes) is 3. The van der Waals surface area contributed by atoms with E-state index in [-0.39, 0.29) is 5.97 Å². The zero-order chi connectivity index (χ0) is 10.8. The molecule has 0 atom stereocenters. The van der Waals surface area contributed by atoms with Gasteiger partial charge in [-0.15, -0.1) is 0 Å². The highest BCUT2D eigenvalue weighted by Gasteiger charge is 2.06. The fraction of sp³-hybridized carbons (Fsp3) is 0.750. The summed E-state index contributed by atoms with van der Waals surface area (Å²) in [6.45, 7) is 8.39. The molecule has 0 radical (unpaired) electrons. The smallest absolute Gasteiger partial charge is 0.333 e. The van der Waals surface area contributed by atoms with E-state index >= 15 is 0 Å². The molecule has 0 N–H and O–H groups in total. The van der Waals surface area contributed by atoms with Crippen molar-refractivity contribution in [2.75, 3.05) is 6.61 Å². The van der Waals surface area contributed by atoms with Crippen LogP contribution >= 0.6 is 0 Å². The summed E-state index contributed by atoms with van der Waals surface area (Å²) in [7, 11) is 0. The quantitative estimate of drug-likeness (QED) is 0.339. The van der Waals surface area contributed by atoms with E-state index in [9.17, 15) is 4.79 Å². The second kappa shape index (κ2) is 8.79. The van der Waals surface area contributed by atoms with E-state index in [0.717, 1.165) is 19.3 Å². The largest absolute Gasteiger partial charge is 0.462 e. The van der Waals surface area contributed by atoms with Crippen molar-refractivity contribution >= 4 is 5.97 Å². The Hall–Kier alpha value is -0.790. The number of carbonyl (C=O) groups is 1. The molecule has 0 aromatic rings. The van der Waals surface area contributed by atoms with Crippen LogP contribution in [0.2, 0.25) is 0 Å². The molecule has 0 amide bonds. The van der Waals surface area contributed by atoms with Gasteiger partial charge in [0.1, 0.15) is 0 Å². The average molecular weight is 198 g/mol. The Labute approximate surface area is 87.3 Å². The van der Waals surface area contributed by atoms with Crippen LogP contribution in [0.1, 0.15) is 52.4 Å². The maximum Gasteiger partial charge on any atom is 0.333 e. The van der Waals surface area contributed by atoms with Gasteiger partial charge in [-0.25, -0.2) is 4.79 Å². The zero-order valence-corrected chi connectivity index (χ0v) is 9.47. The molecule has 0 rings (SSSR count). The van der Waals surface area contributed by atoms with Crippen molar-refractivity contribution in [2.45, 2.75) is 52.4 Å². The molecule has 0 bridgehead atoms. The second-order valence-corrected chi connectivity index (χ2v) is 3.55. The first-order valence-corrected chi connectivity index (χ1v) is 5.57. The van der Waals surface area contributed by atoms with E-state index in [2.05, 4.69) is 13.5 Å². The van der Waals surface area contributed by atoms with Gasteiger partial charge in [0.05, 0.1) is 6.61 Å². The van der Waals surface area contributed by atoms with E-state index in [1.165, 1.54) is 19.3 Å². The van der Waals surface area contributed by atoms with Crippen molar-refractivity contribution in [1.29, 1.82) is 0 Å². The maximum atomic E-state index is 11.2. The zero-order valence-electron chi connectivity index (χ0n) is 9.47. The first kappa shape index (κ1) is 13.2. The van der Waals surface area contributed by atoms with Crippen LogP contribution in [0, 0.1) is 0 Å². The van der Waals surface area contributed by atoms with E-state index < -0.39 is 0 Å². The first-order chi connectivity index (χ1) is 6.72. The number of rotatable bonds is 8. The highest BCUT2D eigenvalue weighted by atomic mass is 16.5. The number of esters is 1. The Morgan fingerprint density at radius 3 is 2.43 bits per heavy atom. The van der Waals surface area contributed by atoms with Gasteiger partial charge in [0.2, 0.25) is 0 Å². The van der Waals surface area contributed by atoms with Crippen LogP contribution in [-0.4, -0.2) is 12.6 Å². The minimum Gasteiger partial charge on any atom is -0.462 e. The molecule has 0 aliphatic rings. The molecule has 0 heterocycles. The molecule has 14 heavy (non-hydrogen) atoms. The lowest BCUT2D eigenvalue weighted by Crippen LogP contribution is -2.07. The summed E-state index contributed by atoms with van der Waals surface area (Å²) in [5.41, 5.74) is 0.620. The molecule has 0 aromatic carbocycles. The molecular weight excluding hydrogens is 176 g/mol. The van der Waals surface area contributed by atoms with Crippen LogP contribution in [0.25, 0.3) is 0 Å². The van der Waals surface area contributed by atoms with Gasteiger partial charge >= 0.3 is 5.97 Å². The standard InChI is InChI=1S/C12H22O2/c1-4-6-7-8-9-11(3)12(13)14-10-5-2/h3-10H2,1-2H3. The van der Waals surface area contributed by atoms with E-state index in [0.29, 0.717) is 12.2 Å². The molecule has 0 fully saturated rings. The fourth-order valence-electron chi connectivity index (χ4n) is 1.16. The van der Waals surface area contributed by atoms with Crippen molar-refractivity contribution in [1.82, 2.24) is 0 Å². The average Bonchev–Trinajstić information content (AvgIpc) is 2.20. The Balaban J connectivity index is 3.47. The molecule has 0 unspecified atom stereocenters. The Kier molecular flexibility index (Phi) is 8.30. The Morgan fingerprint density at radius 2 is 1.86 bits per heavy atom. The van der Waals surface area contributed by atoms with Crippen molar-refractivity contribution in [3.8, 4) is 0 Å². The van der Waals surface area contributed by atoms with E-state index in [1.807, 2.05) is 6.92 Å². The predicted octanol–water partition coefficient (Wildman–Crippen LogP) is 3.47. The van der Waals surface area contributed by atoms with Gasteiger partial charge in [0.25, 0.3) is 0 Å². The van der Waals surface area contributed by atoms with Crippen molar-refractivity contribution in [3.63, 3.8) is 0 Å². The van der Waals surface area contributed by atoms with Crippen LogP contribution in [-0.2, 0) is 9.53 Å². The highest BCUT2D eigenvalue weighted by molar-refractivity contribution is 5.87. The van der Waals surface area contributed by atoms with Gasteiger partial charge in [-0.05, 0) is 19.3 Å². The second-order valence-electron chi connectivity index (χ2n) is 3.55. The number of hydrogen-bond acceptors (Lipinski definition) is 2. The lowest BCUT2D eigenvalue weighted by molar-refractivity contribution is -0.139. The minimum absolute atomic E-state index is 0.219. The van der Waals surface area contributed by atoms with Crippen LogP contribution in [0.15, 0.2) is 12.2 Å². The fourth-order valence-corrected chi connectivity index (χ4v) is 1.16. The monoisotopic (exact) mass is 198 g/mol. The topological polar surface area (TPSA) is 26.3 Å². The number of hydrogen-bond donors (Lipinski definition) is 0. The van der Waals surface area contributed by atoms with E-state index in [1.54, 1.807) is 0 Å². The summed E-state index contributed by atoms with van der Waals surface area (Å²) in [5, 5.41) is 0. The van der Waals surface area contributed by atoms with Crippen molar-refractivity contribution in [3.05, 3.63) is 12.2 Å². The van der Waals surface area contributed by atoms with Crippen LogP contribution in [0.3, 0.4) is 0 Å². The summed E-state index contributed by atoms with van der Waals surface area (Å²) >= 11 is 0. The molecule has 0 aliphatic heterocycles. The molecule has 0 saturated carbocycles. The third-order valence-electron chi connectivity index (χ3n) is 2.06. The third kappa shape index (κ3) is 6.70. The molecule has 2 heteroatoms. The van der Waals surface area contributed by atoms with Gasteiger partial charge < -0.3 is 4.74 Å². The number of carbonyl (C=O) groups excluding carboxylic acids is 1. The van der Waals surface area contributed by atoms with Crippen LogP contribution < -0.4 is 0 Å². The summed E-state index contributed by atoms with van der Waals surface area (Å²) in [6, 6.07) is 0. The molecule has 0 aromatic heterocycles. The van der Waals surface area contributed by atoms with Crippen molar-refractivity contribution in [2.24, 2.45) is 0 Å².